The number of quaternary nitrogens is 1. The largest absolute Gasteiger partial charge is 0.504 e. The number of phenolic OH excluding ortho intramolecular Hbond substituents is 1. The number of hydrogen-bond acceptors (Lipinski definition) is 4. The van der Waals surface area contributed by atoms with Gasteiger partial charge in [-0.3, -0.25) is 4.79 Å². The molecule has 5 heteroatoms. The highest BCUT2D eigenvalue weighted by Crippen LogP contribution is 2.65. The lowest BCUT2D eigenvalue weighted by atomic mass is 9.48. The van der Waals surface area contributed by atoms with E-state index >= 15 is 0 Å². The molecule has 2 aliphatic heterocycles. The van der Waals surface area contributed by atoms with Crippen molar-refractivity contribution in [2.24, 2.45) is 5.92 Å². The molecule has 1 saturated heterocycles. The Morgan fingerprint density at radius 1 is 1.25 bits per heavy atom. The summed E-state index contributed by atoms with van der Waals surface area (Å²) in [6.07, 6.45) is 7.08. The number of likely N-dealkylation sites (N-methyl/N-ethyl adjacent to an activating group) is 1. The first-order valence-electron chi connectivity index (χ1n) is 11.0. The van der Waals surface area contributed by atoms with Crippen LogP contribution < -0.4 is 4.74 Å². The molecule has 5 aliphatic rings. The lowest BCUT2D eigenvalue weighted by molar-refractivity contribution is -0.951. The fourth-order valence-corrected chi connectivity index (χ4v) is 7.83. The van der Waals surface area contributed by atoms with Gasteiger partial charge in [-0.2, -0.15) is 0 Å². The number of likely N-dealkylation sites (tertiary alicyclic amines) is 1. The van der Waals surface area contributed by atoms with Crippen molar-refractivity contribution in [1.29, 1.82) is 0 Å². The molecule has 1 spiro atoms. The van der Waals surface area contributed by atoms with Gasteiger partial charge in [-0.1, -0.05) is 18.9 Å². The molecular weight excluding hydrogens is 354 g/mol. The number of aromatic hydroxyl groups is 1. The summed E-state index contributed by atoms with van der Waals surface area (Å²) in [5.41, 5.74) is 0.484. The molecule has 2 bridgehead atoms. The smallest absolute Gasteiger partial charge is 0.174 e. The zero-order valence-corrected chi connectivity index (χ0v) is 16.6. The van der Waals surface area contributed by atoms with Crippen LogP contribution in [0.1, 0.15) is 56.1 Å². The molecule has 0 amide bonds. The summed E-state index contributed by atoms with van der Waals surface area (Å²) >= 11 is 0. The summed E-state index contributed by atoms with van der Waals surface area (Å²) in [5.74, 6) is 1.39. The quantitative estimate of drug-likeness (QED) is 0.769. The standard InChI is InChI=1S/C23H29NO4/c1-24(13-14-4-2-3-5-14)11-10-22-19-15-6-7-16(25)20(19)28-21(22)17(26)8-9-23(22,27)18(24)12-15/h6-7,14,18,21,27H,2-5,8-13H2,1H3/p+1/t18-,21+,22+,23-,24?/m1/s1. The van der Waals surface area contributed by atoms with E-state index in [9.17, 15) is 15.0 Å². The predicted molar refractivity (Wildman–Crippen MR) is 103 cm³/mol. The molecular formula is C23H30NO4+. The average Bonchev–Trinajstić information content (AvgIpc) is 3.29. The Hall–Kier alpha value is -1.59. The third kappa shape index (κ3) is 1.83. The van der Waals surface area contributed by atoms with Crippen molar-refractivity contribution in [1.82, 2.24) is 0 Å². The monoisotopic (exact) mass is 384 g/mol. The van der Waals surface area contributed by atoms with Gasteiger partial charge in [0.25, 0.3) is 0 Å². The molecule has 2 saturated carbocycles. The van der Waals surface area contributed by atoms with Gasteiger partial charge in [0.1, 0.15) is 11.6 Å². The molecule has 6 rings (SSSR count). The minimum atomic E-state index is -0.941. The molecule has 0 aromatic heterocycles. The van der Waals surface area contributed by atoms with Crippen LogP contribution in [0.3, 0.4) is 0 Å². The first-order valence-corrected chi connectivity index (χ1v) is 11.0. The third-order valence-electron chi connectivity index (χ3n) is 9.05. The van der Waals surface area contributed by atoms with E-state index < -0.39 is 17.1 Å². The highest BCUT2D eigenvalue weighted by atomic mass is 16.5. The Morgan fingerprint density at radius 2 is 2.04 bits per heavy atom. The molecule has 1 aromatic rings. The molecule has 3 aliphatic carbocycles. The second-order valence-electron chi connectivity index (χ2n) is 10.3. The van der Waals surface area contributed by atoms with E-state index in [1.807, 2.05) is 6.07 Å². The lowest BCUT2D eigenvalue weighted by Gasteiger charge is -2.64. The Labute approximate surface area is 165 Å². The SMILES string of the molecule is C[N+]1(CC2CCCC2)CC[C@]23c4c5ccc(O)c4O[C@H]2C(=O)CC[C@@]3(O)[C@H]1C5. The fourth-order valence-electron chi connectivity index (χ4n) is 7.83. The topological polar surface area (TPSA) is 66.8 Å². The maximum absolute atomic E-state index is 12.9. The number of ether oxygens (including phenoxy) is 1. The van der Waals surface area contributed by atoms with Crippen molar-refractivity contribution < 1.29 is 24.2 Å². The van der Waals surface area contributed by atoms with Gasteiger partial charge in [0, 0.05) is 30.7 Å². The fraction of sp³-hybridized carbons (Fsp3) is 0.696. The van der Waals surface area contributed by atoms with Crippen LogP contribution >= 0.6 is 0 Å². The van der Waals surface area contributed by atoms with Crippen LogP contribution in [0, 0.1) is 5.92 Å². The number of carbonyl (C=O) groups excluding carboxylic acids is 1. The molecule has 2 heterocycles. The van der Waals surface area contributed by atoms with E-state index in [2.05, 4.69) is 7.05 Å². The number of rotatable bonds is 2. The van der Waals surface area contributed by atoms with E-state index in [1.165, 1.54) is 25.7 Å². The Morgan fingerprint density at radius 3 is 2.82 bits per heavy atom. The van der Waals surface area contributed by atoms with Crippen LogP contribution in [0.15, 0.2) is 12.1 Å². The number of benzene rings is 1. The molecule has 3 fully saturated rings. The number of hydrogen-bond donors (Lipinski definition) is 2. The molecule has 150 valence electrons. The number of carbonyl (C=O) groups is 1. The number of phenols is 1. The van der Waals surface area contributed by atoms with Crippen molar-refractivity contribution >= 4 is 5.78 Å². The minimum Gasteiger partial charge on any atom is -0.504 e. The summed E-state index contributed by atoms with van der Waals surface area (Å²) in [6.45, 7) is 2.09. The van der Waals surface area contributed by atoms with Crippen molar-refractivity contribution in [2.45, 2.75) is 74.5 Å². The van der Waals surface area contributed by atoms with E-state index in [0.29, 0.717) is 18.6 Å². The first-order chi connectivity index (χ1) is 13.4. The van der Waals surface area contributed by atoms with Gasteiger partial charge in [0.05, 0.1) is 25.6 Å². The van der Waals surface area contributed by atoms with Crippen LogP contribution in [-0.2, 0) is 16.6 Å². The van der Waals surface area contributed by atoms with E-state index in [-0.39, 0.29) is 17.6 Å². The van der Waals surface area contributed by atoms with Gasteiger partial charge in [0.15, 0.2) is 23.4 Å². The number of nitrogens with zero attached hydrogens (tertiary/aromatic N) is 1. The summed E-state index contributed by atoms with van der Waals surface area (Å²) in [5, 5.41) is 22.7. The highest BCUT2D eigenvalue weighted by molar-refractivity contribution is 5.90. The van der Waals surface area contributed by atoms with Crippen molar-refractivity contribution in [3.8, 4) is 11.5 Å². The van der Waals surface area contributed by atoms with Crippen molar-refractivity contribution in [3.63, 3.8) is 0 Å². The van der Waals surface area contributed by atoms with Crippen molar-refractivity contribution in [3.05, 3.63) is 23.3 Å². The van der Waals surface area contributed by atoms with Crippen LogP contribution in [0.25, 0.3) is 0 Å². The zero-order valence-electron chi connectivity index (χ0n) is 16.6. The first kappa shape index (κ1) is 17.3. The van der Waals surface area contributed by atoms with Gasteiger partial charge in [-0.25, -0.2) is 0 Å². The number of ketones is 1. The second-order valence-corrected chi connectivity index (χ2v) is 10.3. The van der Waals surface area contributed by atoms with E-state index in [1.54, 1.807) is 6.07 Å². The Balaban J connectivity index is 1.53. The number of aliphatic hydroxyl groups is 1. The van der Waals surface area contributed by atoms with Crippen LogP contribution in [0.5, 0.6) is 11.5 Å². The summed E-state index contributed by atoms with van der Waals surface area (Å²) in [7, 11) is 2.33. The normalized spacial score (nSPS) is 43.7. The Kier molecular flexibility index (Phi) is 3.28. The zero-order chi connectivity index (χ0) is 19.3. The predicted octanol–water partition coefficient (Wildman–Crippen LogP) is 2.45. The molecule has 2 N–H and O–H groups in total. The maximum atomic E-state index is 12.9. The van der Waals surface area contributed by atoms with Gasteiger partial charge in [-0.15, -0.1) is 0 Å². The molecule has 5 atom stereocenters. The van der Waals surface area contributed by atoms with Gasteiger partial charge < -0.3 is 19.4 Å². The van der Waals surface area contributed by atoms with Crippen molar-refractivity contribution in [2.75, 3.05) is 20.1 Å². The minimum absolute atomic E-state index is 0.0822. The maximum Gasteiger partial charge on any atom is 0.174 e. The third-order valence-corrected chi connectivity index (χ3v) is 9.05. The number of piperidine rings is 1. The number of Topliss-reactive ketones (excluding diaryl/α,β-unsaturated/α-hetero) is 1. The van der Waals surface area contributed by atoms with E-state index in [4.69, 9.17) is 4.74 Å². The second kappa shape index (κ2) is 5.31. The van der Waals surface area contributed by atoms with Gasteiger partial charge >= 0.3 is 0 Å². The molecule has 0 radical (unpaired) electrons. The lowest BCUT2D eigenvalue weighted by Crippen LogP contribution is -2.81. The summed E-state index contributed by atoms with van der Waals surface area (Å²) < 4.78 is 7.02. The highest BCUT2D eigenvalue weighted by Gasteiger charge is 2.76. The van der Waals surface area contributed by atoms with E-state index in [0.717, 1.165) is 47.5 Å². The Bertz CT molecular complexity index is 878. The molecule has 5 nitrogen and oxygen atoms in total. The van der Waals surface area contributed by atoms with Gasteiger partial charge in [-0.05, 0) is 30.9 Å². The van der Waals surface area contributed by atoms with Crippen LogP contribution in [-0.4, -0.2) is 58.4 Å². The van der Waals surface area contributed by atoms with Crippen LogP contribution in [0.4, 0.5) is 0 Å². The average molecular weight is 384 g/mol. The molecule has 1 aromatic carbocycles. The summed E-state index contributed by atoms with van der Waals surface area (Å²) in [6, 6.07) is 3.79. The van der Waals surface area contributed by atoms with Gasteiger partial charge in [0.2, 0.25) is 0 Å². The molecule has 1 unspecified atom stereocenters. The molecule has 28 heavy (non-hydrogen) atoms. The van der Waals surface area contributed by atoms with Crippen LogP contribution in [0.2, 0.25) is 0 Å². The summed E-state index contributed by atoms with van der Waals surface area (Å²) in [4.78, 5) is 12.9.